The van der Waals surface area contributed by atoms with Crippen molar-refractivity contribution in [1.82, 2.24) is 10.2 Å². The lowest BCUT2D eigenvalue weighted by molar-refractivity contribution is 0.342. The number of ether oxygens (including phenoxy) is 1. The summed E-state index contributed by atoms with van der Waals surface area (Å²) >= 11 is 0. The third-order valence-electron chi connectivity index (χ3n) is 2.28. The van der Waals surface area contributed by atoms with E-state index in [2.05, 4.69) is 21.6 Å². The second kappa shape index (κ2) is 5.64. The Morgan fingerprint density at radius 2 is 2.17 bits per heavy atom. The first-order valence-electron chi connectivity index (χ1n) is 5.55. The molecule has 5 heteroatoms. The number of anilines is 2. The topological polar surface area (TPSA) is 70.8 Å². The van der Waals surface area contributed by atoms with Gasteiger partial charge in [0, 0.05) is 0 Å². The van der Waals surface area contributed by atoms with E-state index in [4.69, 9.17) is 10.00 Å². The minimum atomic E-state index is 0.423. The zero-order valence-corrected chi connectivity index (χ0v) is 9.92. The average Bonchev–Trinajstić information content (AvgIpc) is 2.42. The van der Waals surface area contributed by atoms with E-state index in [1.54, 1.807) is 6.07 Å². The molecule has 0 aliphatic rings. The number of hydrogen-bond donors (Lipinski definition) is 1. The van der Waals surface area contributed by atoms with E-state index >= 15 is 0 Å². The molecule has 0 bridgehead atoms. The fourth-order valence-electron chi connectivity index (χ4n) is 1.49. The van der Waals surface area contributed by atoms with Crippen LogP contribution in [0, 0.1) is 11.3 Å². The first-order chi connectivity index (χ1) is 8.85. The largest absolute Gasteiger partial charge is 0.492 e. The Kier molecular flexibility index (Phi) is 3.72. The summed E-state index contributed by atoms with van der Waals surface area (Å²) in [6, 6.07) is 11.2. The van der Waals surface area contributed by atoms with Crippen molar-refractivity contribution in [1.29, 1.82) is 5.26 Å². The van der Waals surface area contributed by atoms with Crippen LogP contribution in [0.15, 0.2) is 36.5 Å². The molecule has 0 radical (unpaired) electrons. The SMILES string of the molecule is CCOc1ccccc1Nc1nnccc1C#N. The van der Waals surface area contributed by atoms with Gasteiger partial charge in [0.05, 0.1) is 24.1 Å². The highest BCUT2D eigenvalue weighted by molar-refractivity contribution is 5.67. The second-order valence-electron chi connectivity index (χ2n) is 3.46. The molecule has 0 aliphatic carbocycles. The molecule has 18 heavy (non-hydrogen) atoms. The summed E-state index contributed by atoms with van der Waals surface area (Å²) in [5, 5.41) is 19.7. The van der Waals surface area contributed by atoms with Crippen molar-refractivity contribution in [2.75, 3.05) is 11.9 Å². The van der Waals surface area contributed by atoms with Gasteiger partial charge >= 0.3 is 0 Å². The molecular weight excluding hydrogens is 228 g/mol. The van der Waals surface area contributed by atoms with Gasteiger partial charge in [-0.15, -0.1) is 5.10 Å². The molecule has 1 N–H and O–H groups in total. The maximum atomic E-state index is 8.98. The minimum Gasteiger partial charge on any atom is -0.492 e. The second-order valence-corrected chi connectivity index (χ2v) is 3.46. The Hall–Kier alpha value is -2.61. The van der Waals surface area contributed by atoms with Crippen molar-refractivity contribution >= 4 is 11.5 Å². The van der Waals surface area contributed by atoms with Crippen LogP contribution in [-0.2, 0) is 0 Å². The van der Waals surface area contributed by atoms with Gasteiger partial charge in [0.1, 0.15) is 11.8 Å². The predicted molar refractivity (Wildman–Crippen MR) is 67.6 cm³/mol. The molecule has 0 spiro atoms. The molecule has 0 amide bonds. The Morgan fingerprint density at radius 3 is 2.94 bits per heavy atom. The summed E-state index contributed by atoms with van der Waals surface area (Å²) in [5.41, 5.74) is 1.20. The van der Waals surface area contributed by atoms with Gasteiger partial charge in [-0.25, -0.2) is 0 Å². The third kappa shape index (κ3) is 2.55. The van der Waals surface area contributed by atoms with Crippen LogP contribution in [0.1, 0.15) is 12.5 Å². The highest BCUT2D eigenvalue weighted by atomic mass is 16.5. The zero-order valence-electron chi connectivity index (χ0n) is 9.92. The number of rotatable bonds is 4. The van der Waals surface area contributed by atoms with Gasteiger partial charge < -0.3 is 10.1 Å². The Bertz CT molecular complexity index is 577. The van der Waals surface area contributed by atoms with Gasteiger partial charge in [0.25, 0.3) is 0 Å². The van der Waals surface area contributed by atoms with Crippen LogP contribution in [0.2, 0.25) is 0 Å². The first-order valence-corrected chi connectivity index (χ1v) is 5.55. The monoisotopic (exact) mass is 240 g/mol. The number of aromatic nitrogens is 2. The zero-order chi connectivity index (χ0) is 12.8. The third-order valence-corrected chi connectivity index (χ3v) is 2.28. The van der Waals surface area contributed by atoms with Crippen molar-refractivity contribution in [3.8, 4) is 11.8 Å². The normalized spacial score (nSPS) is 9.56. The van der Waals surface area contributed by atoms with E-state index in [1.807, 2.05) is 31.2 Å². The van der Waals surface area contributed by atoms with Gasteiger partial charge in [-0.1, -0.05) is 12.1 Å². The molecule has 2 aromatic rings. The fourth-order valence-corrected chi connectivity index (χ4v) is 1.49. The first kappa shape index (κ1) is 11.9. The summed E-state index contributed by atoms with van der Waals surface area (Å²) in [7, 11) is 0. The summed E-state index contributed by atoms with van der Waals surface area (Å²) in [6.07, 6.45) is 1.48. The van der Waals surface area contributed by atoms with Crippen LogP contribution in [0.4, 0.5) is 11.5 Å². The maximum Gasteiger partial charge on any atom is 0.171 e. The Morgan fingerprint density at radius 1 is 1.33 bits per heavy atom. The molecule has 0 aliphatic heterocycles. The standard InChI is InChI=1S/C13H12N4O/c1-2-18-12-6-4-3-5-11(12)16-13-10(9-14)7-8-15-17-13/h3-8H,2H2,1H3,(H,16,17). The molecule has 90 valence electrons. The fraction of sp³-hybridized carbons (Fsp3) is 0.154. The molecular formula is C13H12N4O. The highest BCUT2D eigenvalue weighted by Gasteiger charge is 2.07. The van der Waals surface area contributed by atoms with Crippen LogP contribution in [0.25, 0.3) is 0 Å². The molecule has 2 rings (SSSR count). The predicted octanol–water partition coefficient (Wildman–Crippen LogP) is 2.49. The van der Waals surface area contributed by atoms with Crippen LogP contribution in [-0.4, -0.2) is 16.8 Å². The average molecular weight is 240 g/mol. The highest BCUT2D eigenvalue weighted by Crippen LogP contribution is 2.27. The van der Waals surface area contributed by atoms with E-state index < -0.39 is 0 Å². The van der Waals surface area contributed by atoms with E-state index in [1.165, 1.54) is 6.20 Å². The Labute approximate surface area is 105 Å². The van der Waals surface area contributed by atoms with Gasteiger partial charge in [0.2, 0.25) is 0 Å². The van der Waals surface area contributed by atoms with Crippen LogP contribution in [0.5, 0.6) is 5.75 Å². The lowest BCUT2D eigenvalue weighted by Crippen LogP contribution is -2.01. The summed E-state index contributed by atoms with van der Waals surface area (Å²) in [4.78, 5) is 0. The van der Waals surface area contributed by atoms with Crippen molar-refractivity contribution in [2.24, 2.45) is 0 Å². The molecule has 0 fully saturated rings. The van der Waals surface area contributed by atoms with Crippen molar-refractivity contribution in [3.05, 3.63) is 42.1 Å². The maximum absolute atomic E-state index is 8.98. The molecule has 1 aromatic heterocycles. The van der Waals surface area contributed by atoms with Crippen molar-refractivity contribution < 1.29 is 4.74 Å². The lowest BCUT2D eigenvalue weighted by atomic mass is 10.2. The van der Waals surface area contributed by atoms with E-state index in [9.17, 15) is 0 Å². The Balaban J connectivity index is 2.31. The number of para-hydroxylation sites is 2. The molecule has 1 aromatic carbocycles. The lowest BCUT2D eigenvalue weighted by Gasteiger charge is -2.11. The number of benzene rings is 1. The summed E-state index contributed by atoms with van der Waals surface area (Å²) in [6.45, 7) is 2.49. The van der Waals surface area contributed by atoms with Gasteiger partial charge in [-0.2, -0.15) is 10.4 Å². The van der Waals surface area contributed by atoms with Crippen LogP contribution < -0.4 is 10.1 Å². The molecule has 1 heterocycles. The smallest absolute Gasteiger partial charge is 0.171 e. The van der Waals surface area contributed by atoms with Crippen molar-refractivity contribution in [2.45, 2.75) is 6.92 Å². The van der Waals surface area contributed by atoms with Gasteiger partial charge in [-0.3, -0.25) is 0 Å². The van der Waals surface area contributed by atoms with E-state index in [-0.39, 0.29) is 0 Å². The molecule has 0 atom stereocenters. The van der Waals surface area contributed by atoms with E-state index in [0.717, 1.165) is 11.4 Å². The van der Waals surface area contributed by atoms with Gasteiger partial charge in [-0.05, 0) is 25.1 Å². The molecule has 0 saturated carbocycles. The number of hydrogen-bond acceptors (Lipinski definition) is 5. The minimum absolute atomic E-state index is 0.423. The molecule has 0 unspecified atom stereocenters. The molecule has 5 nitrogen and oxygen atoms in total. The van der Waals surface area contributed by atoms with Crippen LogP contribution >= 0.6 is 0 Å². The van der Waals surface area contributed by atoms with E-state index in [0.29, 0.717) is 18.0 Å². The number of nitrogens with one attached hydrogen (secondary N) is 1. The quantitative estimate of drug-likeness (QED) is 0.889. The summed E-state index contributed by atoms with van der Waals surface area (Å²) in [5.74, 6) is 1.14. The summed E-state index contributed by atoms with van der Waals surface area (Å²) < 4.78 is 5.49. The van der Waals surface area contributed by atoms with Crippen LogP contribution in [0.3, 0.4) is 0 Å². The molecule has 0 saturated heterocycles. The number of nitriles is 1. The van der Waals surface area contributed by atoms with Crippen molar-refractivity contribution in [3.63, 3.8) is 0 Å². The number of nitrogens with zero attached hydrogens (tertiary/aromatic N) is 3. The van der Waals surface area contributed by atoms with Gasteiger partial charge in [0.15, 0.2) is 5.82 Å².